The third-order valence-corrected chi connectivity index (χ3v) is 3.55. The SMILES string of the molecule is CN(C)c1ccc(NC(=O)c2cn3ncsc3n2)cc1. The van der Waals surface area contributed by atoms with Gasteiger partial charge in [-0.1, -0.05) is 11.3 Å². The lowest BCUT2D eigenvalue weighted by Gasteiger charge is -2.12. The summed E-state index contributed by atoms with van der Waals surface area (Å²) in [5.74, 6) is -0.236. The number of carbonyl (C=O) groups excluding carboxylic acids is 1. The van der Waals surface area contributed by atoms with Crippen LogP contribution in [0.15, 0.2) is 36.0 Å². The number of hydrogen-bond acceptors (Lipinski definition) is 5. The highest BCUT2D eigenvalue weighted by molar-refractivity contribution is 7.14. The molecular formula is C13H13N5OS. The van der Waals surface area contributed by atoms with E-state index in [0.717, 1.165) is 11.4 Å². The summed E-state index contributed by atoms with van der Waals surface area (Å²) >= 11 is 1.39. The van der Waals surface area contributed by atoms with Gasteiger partial charge >= 0.3 is 0 Å². The van der Waals surface area contributed by atoms with Gasteiger partial charge in [0.05, 0.1) is 6.20 Å². The van der Waals surface area contributed by atoms with Crippen molar-refractivity contribution in [2.45, 2.75) is 0 Å². The maximum absolute atomic E-state index is 12.1. The van der Waals surface area contributed by atoms with E-state index < -0.39 is 0 Å². The van der Waals surface area contributed by atoms with E-state index >= 15 is 0 Å². The summed E-state index contributed by atoms with van der Waals surface area (Å²) < 4.78 is 1.59. The zero-order chi connectivity index (χ0) is 14.1. The second kappa shape index (κ2) is 4.93. The number of nitrogens with one attached hydrogen (secondary N) is 1. The van der Waals surface area contributed by atoms with Crippen LogP contribution >= 0.6 is 11.3 Å². The van der Waals surface area contributed by atoms with Crippen LogP contribution in [0.25, 0.3) is 4.96 Å². The molecule has 0 fully saturated rings. The Morgan fingerprint density at radius 3 is 2.70 bits per heavy atom. The van der Waals surface area contributed by atoms with E-state index in [1.807, 2.05) is 43.3 Å². The summed E-state index contributed by atoms with van der Waals surface area (Å²) in [6, 6.07) is 7.62. The van der Waals surface area contributed by atoms with E-state index in [4.69, 9.17) is 0 Å². The summed E-state index contributed by atoms with van der Waals surface area (Å²) in [5.41, 5.74) is 3.87. The maximum atomic E-state index is 12.1. The molecule has 0 radical (unpaired) electrons. The topological polar surface area (TPSA) is 62.5 Å². The predicted molar refractivity (Wildman–Crippen MR) is 79.6 cm³/mol. The van der Waals surface area contributed by atoms with Gasteiger partial charge in [-0.3, -0.25) is 4.79 Å². The smallest absolute Gasteiger partial charge is 0.275 e. The number of amides is 1. The largest absolute Gasteiger partial charge is 0.378 e. The van der Waals surface area contributed by atoms with Crippen LogP contribution < -0.4 is 10.2 Å². The number of aromatic nitrogens is 3. The zero-order valence-electron chi connectivity index (χ0n) is 11.1. The van der Waals surface area contributed by atoms with Crippen LogP contribution in [0.5, 0.6) is 0 Å². The Balaban J connectivity index is 1.76. The lowest BCUT2D eigenvalue weighted by atomic mass is 10.2. The third kappa shape index (κ3) is 2.35. The molecule has 0 saturated heterocycles. The molecule has 0 aliphatic rings. The number of benzene rings is 1. The number of imidazole rings is 1. The van der Waals surface area contributed by atoms with E-state index in [0.29, 0.717) is 10.7 Å². The van der Waals surface area contributed by atoms with E-state index in [1.165, 1.54) is 11.3 Å². The van der Waals surface area contributed by atoms with Crippen molar-refractivity contribution in [1.82, 2.24) is 14.6 Å². The molecule has 1 aromatic carbocycles. The lowest BCUT2D eigenvalue weighted by molar-refractivity contribution is 0.102. The van der Waals surface area contributed by atoms with Crippen LogP contribution in [0.1, 0.15) is 10.5 Å². The van der Waals surface area contributed by atoms with Gasteiger partial charge in [0, 0.05) is 25.5 Å². The average molecular weight is 287 g/mol. The fourth-order valence-electron chi connectivity index (χ4n) is 1.79. The van der Waals surface area contributed by atoms with Crippen molar-refractivity contribution in [1.29, 1.82) is 0 Å². The van der Waals surface area contributed by atoms with Gasteiger partial charge in [0.1, 0.15) is 11.2 Å². The van der Waals surface area contributed by atoms with Crippen molar-refractivity contribution < 1.29 is 4.79 Å². The normalized spacial score (nSPS) is 10.7. The molecule has 0 aliphatic heterocycles. The van der Waals surface area contributed by atoms with Crippen molar-refractivity contribution in [3.63, 3.8) is 0 Å². The first-order chi connectivity index (χ1) is 9.63. The fourth-order valence-corrected chi connectivity index (χ4v) is 2.39. The quantitative estimate of drug-likeness (QED) is 0.801. The maximum Gasteiger partial charge on any atom is 0.275 e. The van der Waals surface area contributed by atoms with Crippen LogP contribution in [0.3, 0.4) is 0 Å². The fraction of sp³-hybridized carbons (Fsp3) is 0.154. The zero-order valence-corrected chi connectivity index (χ0v) is 11.9. The van der Waals surface area contributed by atoms with Crippen LogP contribution in [-0.4, -0.2) is 34.6 Å². The highest BCUT2D eigenvalue weighted by atomic mass is 32.1. The molecule has 0 unspecified atom stereocenters. The van der Waals surface area contributed by atoms with E-state index in [2.05, 4.69) is 15.4 Å². The molecule has 2 heterocycles. The summed E-state index contributed by atoms with van der Waals surface area (Å²) in [4.78, 5) is 19.0. The van der Waals surface area contributed by atoms with Crippen LogP contribution in [0, 0.1) is 0 Å². The number of hydrogen-bond donors (Lipinski definition) is 1. The average Bonchev–Trinajstić information content (AvgIpc) is 2.99. The molecule has 102 valence electrons. The second-order valence-corrected chi connectivity index (χ2v) is 5.30. The van der Waals surface area contributed by atoms with E-state index in [9.17, 15) is 4.79 Å². The van der Waals surface area contributed by atoms with Gasteiger partial charge in [0.25, 0.3) is 5.91 Å². The minimum atomic E-state index is -0.236. The Morgan fingerprint density at radius 2 is 2.05 bits per heavy atom. The molecular weight excluding hydrogens is 274 g/mol. The molecule has 3 rings (SSSR count). The molecule has 20 heavy (non-hydrogen) atoms. The lowest BCUT2D eigenvalue weighted by Crippen LogP contribution is -2.13. The van der Waals surface area contributed by atoms with E-state index in [-0.39, 0.29) is 5.91 Å². The number of fused-ring (bicyclic) bond motifs is 1. The minimum Gasteiger partial charge on any atom is -0.378 e. The number of nitrogens with zero attached hydrogens (tertiary/aromatic N) is 4. The van der Waals surface area contributed by atoms with Crippen molar-refractivity contribution in [3.8, 4) is 0 Å². The Labute approximate surface area is 119 Å². The number of anilines is 2. The van der Waals surface area contributed by atoms with Crippen molar-refractivity contribution >= 4 is 33.6 Å². The summed E-state index contributed by atoms with van der Waals surface area (Å²) in [6.07, 6.45) is 1.62. The van der Waals surface area contributed by atoms with Crippen molar-refractivity contribution in [3.05, 3.63) is 41.7 Å². The first-order valence-corrected chi connectivity index (χ1v) is 6.89. The Bertz CT molecular complexity index is 715. The van der Waals surface area contributed by atoms with Crippen molar-refractivity contribution in [2.75, 3.05) is 24.3 Å². The number of carbonyl (C=O) groups is 1. The Morgan fingerprint density at radius 1 is 1.30 bits per heavy atom. The van der Waals surface area contributed by atoms with Gasteiger partial charge in [-0.25, -0.2) is 9.50 Å². The molecule has 1 amide bonds. The standard InChI is InChI=1S/C13H13N5OS/c1-17(2)10-5-3-9(4-6-10)15-12(19)11-7-18-13(16-11)20-8-14-18/h3-8H,1-2H3,(H,15,19). The Kier molecular flexibility index (Phi) is 3.11. The van der Waals surface area contributed by atoms with Gasteiger partial charge < -0.3 is 10.2 Å². The highest BCUT2D eigenvalue weighted by Gasteiger charge is 2.12. The molecule has 0 aliphatic carbocycles. The van der Waals surface area contributed by atoms with Gasteiger partial charge in [-0.05, 0) is 24.3 Å². The summed E-state index contributed by atoms with van der Waals surface area (Å²) in [7, 11) is 3.94. The first kappa shape index (κ1) is 12.6. The minimum absolute atomic E-state index is 0.236. The molecule has 6 nitrogen and oxygen atoms in total. The van der Waals surface area contributed by atoms with Crippen LogP contribution in [-0.2, 0) is 0 Å². The number of rotatable bonds is 3. The second-order valence-electron chi connectivity index (χ2n) is 4.49. The molecule has 1 N–H and O–H groups in total. The summed E-state index contributed by atoms with van der Waals surface area (Å²) in [6.45, 7) is 0. The monoisotopic (exact) mass is 287 g/mol. The Hall–Kier alpha value is -2.41. The van der Waals surface area contributed by atoms with Gasteiger partial charge in [0.2, 0.25) is 4.96 Å². The van der Waals surface area contributed by atoms with Gasteiger partial charge in [-0.15, -0.1) is 0 Å². The third-order valence-electron chi connectivity index (χ3n) is 2.86. The van der Waals surface area contributed by atoms with Crippen molar-refractivity contribution in [2.24, 2.45) is 0 Å². The highest BCUT2D eigenvalue weighted by Crippen LogP contribution is 2.16. The molecule has 0 saturated carbocycles. The summed E-state index contributed by atoms with van der Waals surface area (Å²) in [5, 5.41) is 6.87. The first-order valence-electron chi connectivity index (χ1n) is 6.01. The van der Waals surface area contributed by atoms with Crippen LogP contribution in [0.2, 0.25) is 0 Å². The van der Waals surface area contributed by atoms with Crippen LogP contribution in [0.4, 0.5) is 11.4 Å². The predicted octanol–water partition coefficient (Wildman–Crippen LogP) is 2.11. The molecule has 0 bridgehead atoms. The molecule has 2 aromatic heterocycles. The molecule has 3 aromatic rings. The van der Waals surface area contributed by atoms with Gasteiger partial charge in [0.15, 0.2) is 0 Å². The van der Waals surface area contributed by atoms with Gasteiger partial charge in [-0.2, -0.15) is 5.10 Å². The molecule has 0 spiro atoms. The molecule has 0 atom stereocenters. The molecule has 7 heteroatoms. The van der Waals surface area contributed by atoms with E-state index in [1.54, 1.807) is 16.2 Å².